The number of benzene rings is 4. The van der Waals surface area contributed by atoms with Gasteiger partial charge in [0.15, 0.2) is 0 Å². The lowest BCUT2D eigenvalue weighted by Crippen LogP contribution is -2.15. The number of aryl methyl sites for hydroxylation is 3. The Balaban J connectivity index is 1.85. The quantitative estimate of drug-likeness (QED) is 0.277. The molecular weight excluding hydrogens is 438 g/mol. The van der Waals surface area contributed by atoms with Gasteiger partial charge in [-0.2, -0.15) is 0 Å². The van der Waals surface area contributed by atoms with Crippen molar-refractivity contribution in [1.29, 1.82) is 0 Å². The van der Waals surface area contributed by atoms with E-state index in [1.165, 1.54) is 0 Å². The van der Waals surface area contributed by atoms with E-state index in [1.807, 2.05) is 84.0 Å². The fraction of sp³-hybridized carbons (Fsp3) is 0.200. The van der Waals surface area contributed by atoms with Crippen LogP contribution in [0.4, 0.5) is 17.1 Å². The van der Waals surface area contributed by atoms with Crippen molar-refractivity contribution in [2.24, 2.45) is 0 Å². The second-order valence-corrected chi connectivity index (χ2v) is 9.09. The SMILES string of the molecule is Cc1cc(O)c(C)c(Oc2ccc(N(c3c(C)ccc(O)c3C)c3c(C)ccc(O)c3C)cc2)c1. The Morgan fingerprint density at radius 3 is 1.60 bits per heavy atom. The van der Waals surface area contributed by atoms with E-state index in [0.29, 0.717) is 17.1 Å². The Labute approximate surface area is 206 Å². The van der Waals surface area contributed by atoms with Crippen LogP contribution in [0.2, 0.25) is 0 Å². The standard InChI is InChI=1S/C30H31NO4/c1-17-15-27(34)20(4)28(16-17)35-24-11-9-23(10-12-24)31(29-18(2)7-13-25(32)21(29)5)30-19(3)8-14-26(33)22(30)6/h7-16,32-34H,1-6H3. The number of phenols is 3. The molecule has 0 heterocycles. The van der Waals surface area contributed by atoms with Gasteiger partial charge in [0.1, 0.15) is 28.7 Å². The van der Waals surface area contributed by atoms with Gasteiger partial charge in [-0.1, -0.05) is 12.1 Å². The average Bonchev–Trinajstić information content (AvgIpc) is 2.82. The van der Waals surface area contributed by atoms with Gasteiger partial charge in [0, 0.05) is 22.4 Å². The van der Waals surface area contributed by atoms with Gasteiger partial charge in [-0.3, -0.25) is 0 Å². The van der Waals surface area contributed by atoms with Crippen LogP contribution in [0.1, 0.15) is 33.4 Å². The predicted octanol–water partition coefficient (Wildman–Crippen LogP) is 7.92. The summed E-state index contributed by atoms with van der Waals surface area (Å²) in [6, 6.07) is 18.4. The molecule has 0 saturated carbocycles. The van der Waals surface area contributed by atoms with Crippen molar-refractivity contribution in [3.05, 3.63) is 94.0 Å². The van der Waals surface area contributed by atoms with Crippen LogP contribution >= 0.6 is 0 Å². The number of nitrogens with zero attached hydrogens (tertiary/aromatic N) is 1. The predicted molar refractivity (Wildman–Crippen MR) is 141 cm³/mol. The van der Waals surface area contributed by atoms with Crippen molar-refractivity contribution in [1.82, 2.24) is 0 Å². The molecule has 4 aromatic carbocycles. The molecule has 0 amide bonds. The largest absolute Gasteiger partial charge is 0.508 e. The summed E-state index contributed by atoms with van der Waals surface area (Å²) < 4.78 is 6.09. The van der Waals surface area contributed by atoms with Gasteiger partial charge in [0.05, 0.1) is 11.4 Å². The first-order valence-electron chi connectivity index (χ1n) is 11.5. The Morgan fingerprint density at radius 2 is 1.09 bits per heavy atom. The lowest BCUT2D eigenvalue weighted by atomic mass is 10.0. The minimum Gasteiger partial charge on any atom is -0.508 e. The third-order valence-corrected chi connectivity index (χ3v) is 6.46. The topological polar surface area (TPSA) is 73.2 Å². The lowest BCUT2D eigenvalue weighted by molar-refractivity contribution is 0.447. The van der Waals surface area contributed by atoms with E-state index in [9.17, 15) is 15.3 Å². The minimum atomic E-state index is 0.201. The van der Waals surface area contributed by atoms with Crippen LogP contribution in [0, 0.1) is 41.5 Å². The fourth-order valence-corrected chi connectivity index (χ4v) is 4.41. The van der Waals surface area contributed by atoms with Gasteiger partial charge in [-0.05, 0) is 107 Å². The van der Waals surface area contributed by atoms with E-state index in [4.69, 9.17) is 4.74 Å². The number of phenolic OH excluding ortho intramolecular Hbond substituents is 3. The monoisotopic (exact) mass is 469 g/mol. The van der Waals surface area contributed by atoms with Gasteiger partial charge in [0.25, 0.3) is 0 Å². The summed E-state index contributed by atoms with van der Waals surface area (Å²) in [6.07, 6.45) is 0. The third kappa shape index (κ3) is 4.50. The first-order valence-corrected chi connectivity index (χ1v) is 11.5. The summed E-state index contributed by atoms with van der Waals surface area (Å²) >= 11 is 0. The fourth-order valence-electron chi connectivity index (χ4n) is 4.41. The molecule has 35 heavy (non-hydrogen) atoms. The third-order valence-electron chi connectivity index (χ3n) is 6.46. The number of hydrogen-bond acceptors (Lipinski definition) is 5. The molecule has 0 atom stereocenters. The Hall–Kier alpha value is -4.12. The molecule has 180 valence electrons. The van der Waals surface area contributed by atoms with Gasteiger partial charge >= 0.3 is 0 Å². The van der Waals surface area contributed by atoms with Crippen molar-refractivity contribution in [2.45, 2.75) is 41.5 Å². The highest BCUT2D eigenvalue weighted by atomic mass is 16.5. The molecule has 0 aromatic heterocycles. The minimum absolute atomic E-state index is 0.201. The molecule has 0 aliphatic heterocycles. The van der Waals surface area contributed by atoms with Crippen LogP contribution in [0.15, 0.2) is 60.7 Å². The van der Waals surface area contributed by atoms with Crippen LogP contribution in [-0.4, -0.2) is 15.3 Å². The normalized spacial score (nSPS) is 10.9. The molecule has 3 N–H and O–H groups in total. The van der Waals surface area contributed by atoms with Crippen molar-refractivity contribution < 1.29 is 20.1 Å². The van der Waals surface area contributed by atoms with Crippen molar-refractivity contribution in [3.63, 3.8) is 0 Å². The second kappa shape index (κ2) is 9.26. The second-order valence-electron chi connectivity index (χ2n) is 9.09. The van der Waals surface area contributed by atoms with Crippen LogP contribution in [0.5, 0.6) is 28.7 Å². The van der Waals surface area contributed by atoms with Gasteiger partial charge in [0.2, 0.25) is 0 Å². The smallest absolute Gasteiger partial charge is 0.134 e. The van der Waals surface area contributed by atoms with Gasteiger partial charge in [-0.15, -0.1) is 0 Å². The molecule has 0 radical (unpaired) electrons. The zero-order chi connectivity index (χ0) is 25.4. The summed E-state index contributed by atoms with van der Waals surface area (Å²) in [7, 11) is 0. The molecule has 0 fully saturated rings. The average molecular weight is 470 g/mol. The molecule has 0 spiro atoms. The van der Waals surface area contributed by atoms with E-state index in [-0.39, 0.29) is 17.2 Å². The lowest BCUT2D eigenvalue weighted by Gasteiger charge is -2.31. The van der Waals surface area contributed by atoms with E-state index >= 15 is 0 Å². The molecule has 5 nitrogen and oxygen atoms in total. The highest BCUT2D eigenvalue weighted by Crippen LogP contribution is 2.45. The van der Waals surface area contributed by atoms with Crippen LogP contribution < -0.4 is 9.64 Å². The van der Waals surface area contributed by atoms with Crippen molar-refractivity contribution in [3.8, 4) is 28.7 Å². The van der Waals surface area contributed by atoms with Crippen molar-refractivity contribution in [2.75, 3.05) is 4.90 Å². The van der Waals surface area contributed by atoms with E-state index in [1.54, 1.807) is 18.2 Å². The molecule has 0 bridgehead atoms. The summed E-state index contributed by atoms with van der Waals surface area (Å²) in [4.78, 5) is 2.07. The van der Waals surface area contributed by atoms with Gasteiger partial charge in [-0.25, -0.2) is 0 Å². The zero-order valence-corrected chi connectivity index (χ0v) is 21.0. The first kappa shape index (κ1) is 24.0. The van der Waals surface area contributed by atoms with E-state index < -0.39 is 0 Å². The number of ether oxygens (including phenoxy) is 1. The van der Waals surface area contributed by atoms with E-state index in [2.05, 4.69) is 4.90 Å². The van der Waals surface area contributed by atoms with Crippen LogP contribution in [-0.2, 0) is 0 Å². The summed E-state index contributed by atoms with van der Waals surface area (Å²) in [6.45, 7) is 11.5. The maximum Gasteiger partial charge on any atom is 0.134 e. The molecule has 4 aromatic rings. The molecule has 0 aliphatic carbocycles. The Kier molecular flexibility index (Phi) is 6.35. The number of aromatic hydroxyl groups is 3. The highest BCUT2D eigenvalue weighted by molar-refractivity contribution is 5.85. The summed E-state index contributed by atoms with van der Waals surface area (Å²) in [5, 5.41) is 31.2. The molecule has 0 unspecified atom stereocenters. The highest BCUT2D eigenvalue weighted by Gasteiger charge is 2.23. The number of hydrogen-bond donors (Lipinski definition) is 3. The maximum absolute atomic E-state index is 10.5. The Bertz CT molecular complexity index is 1350. The van der Waals surface area contributed by atoms with E-state index in [0.717, 1.165) is 44.9 Å². The molecule has 5 heteroatoms. The van der Waals surface area contributed by atoms with Crippen LogP contribution in [0.3, 0.4) is 0 Å². The molecular formula is C30H31NO4. The first-order chi connectivity index (χ1) is 16.6. The molecule has 4 rings (SSSR count). The number of rotatable bonds is 5. The molecule has 0 aliphatic rings. The van der Waals surface area contributed by atoms with Crippen LogP contribution in [0.25, 0.3) is 0 Å². The summed E-state index contributed by atoms with van der Waals surface area (Å²) in [5.41, 5.74) is 7.65. The maximum atomic E-state index is 10.5. The number of anilines is 3. The van der Waals surface area contributed by atoms with Crippen molar-refractivity contribution >= 4 is 17.1 Å². The Morgan fingerprint density at radius 1 is 0.571 bits per heavy atom. The molecule has 0 saturated heterocycles. The zero-order valence-electron chi connectivity index (χ0n) is 21.0. The summed E-state index contributed by atoms with van der Waals surface area (Å²) in [5.74, 6) is 1.86. The van der Waals surface area contributed by atoms with Gasteiger partial charge < -0.3 is 25.0 Å².